The number of rotatable bonds is 7. The number of hydrogen-bond acceptors (Lipinski definition) is 3. The molecule has 1 amide bonds. The summed E-state index contributed by atoms with van der Waals surface area (Å²) in [4.78, 5) is 33.9. The van der Waals surface area contributed by atoms with Crippen molar-refractivity contribution in [2.24, 2.45) is 0 Å². The van der Waals surface area contributed by atoms with Crippen LogP contribution in [0.25, 0.3) is 0 Å². The fourth-order valence-corrected chi connectivity index (χ4v) is 1.72. The van der Waals surface area contributed by atoms with Gasteiger partial charge in [0.25, 0.3) is 0 Å². The molecule has 2 N–H and O–H groups in total. The van der Waals surface area contributed by atoms with E-state index in [-0.39, 0.29) is 6.42 Å². The molecule has 0 aliphatic rings. The van der Waals surface area contributed by atoms with E-state index in [1.807, 2.05) is 31.2 Å². The van der Waals surface area contributed by atoms with Gasteiger partial charge in [-0.3, -0.25) is 14.4 Å². The molecule has 0 unspecified atom stereocenters. The van der Waals surface area contributed by atoms with Gasteiger partial charge in [0.1, 0.15) is 13.1 Å². The quantitative estimate of drug-likeness (QED) is 0.774. The maximum absolute atomic E-state index is 11.9. The molecule has 1 aromatic rings. The van der Waals surface area contributed by atoms with Crippen molar-refractivity contribution in [3.63, 3.8) is 0 Å². The van der Waals surface area contributed by atoms with Crippen molar-refractivity contribution >= 4 is 17.8 Å². The Balaban J connectivity index is 2.58. The van der Waals surface area contributed by atoms with Crippen LogP contribution in [0.3, 0.4) is 0 Å². The molecule has 0 aliphatic carbocycles. The summed E-state index contributed by atoms with van der Waals surface area (Å²) in [6.45, 7) is 0.758. The minimum Gasteiger partial charge on any atom is -0.480 e. The summed E-state index contributed by atoms with van der Waals surface area (Å²) in [5.74, 6) is -2.93. The van der Waals surface area contributed by atoms with Gasteiger partial charge in [-0.15, -0.1) is 0 Å². The fraction of sp³-hybridized carbons (Fsp3) is 0.357. The first kappa shape index (κ1) is 15.7. The van der Waals surface area contributed by atoms with Crippen molar-refractivity contribution in [2.45, 2.75) is 19.8 Å². The maximum Gasteiger partial charge on any atom is 0.323 e. The van der Waals surface area contributed by atoms with Crippen LogP contribution < -0.4 is 0 Å². The van der Waals surface area contributed by atoms with E-state index in [1.165, 1.54) is 0 Å². The molecule has 0 atom stereocenters. The predicted octanol–water partition coefficient (Wildman–Crippen LogP) is 0.925. The molecule has 1 rings (SSSR count). The van der Waals surface area contributed by atoms with Gasteiger partial charge in [-0.1, -0.05) is 29.8 Å². The predicted molar refractivity (Wildman–Crippen MR) is 71.4 cm³/mol. The van der Waals surface area contributed by atoms with Crippen molar-refractivity contribution in [3.8, 4) is 0 Å². The monoisotopic (exact) mass is 279 g/mol. The summed E-state index contributed by atoms with van der Waals surface area (Å²) >= 11 is 0. The molecular formula is C14H17NO5. The van der Waals surface area contributed by atoms with Crippen LogP contribution >= 0.6 is 0 Å². The standard InChI is InChI=1S/C14H17NO5/c1-10-2-4-11(5-3-10)6-7-12(16)15(8-13(17)18)9-14(19)20/h2-5H,6-9H2,1H3,(H,17,18)(H,19,20). The highest BCUT2D eigenvalue weighted by Gasteiger charge is 2.19. The Morgan fingerprint density at radius 1 is 1.00 bits per heavy atom. The van der Waals surface area contributed by atoms with Crippen LogP contribution in [0.2, 0.25) is 0 Å². The smallest absolute Gasteiger partial charge is 0.323 e. The molecule has 6 heteroatoms. The van der Waals surface area contributed by atoms with Gasteiger partial charge in [0.2, 0.25) is 5.91 Å². The molecule has 108 valence electrons. The van der Waals surface area contributed by atoms with E-state index in [1.54, 1.807) is 0 Å². The van der Waals surface area contributed by atoms with Crippen LogP contribution in [-0.2, 0) is 20.8 Å². The Hall–Kier alpha value is -2.37. The highest BCUT2D eigenvalue weighted by Crippen LogP contribution is 2.07. The summed E-state index contributed by atoms with van der Waals surface area (Å²) < 4.78 is 0. The lowest BCUT2D eigenvalue weighted by Crippen LogP contribution is -2.39. The molecule has 0 bridgehead atoms. The van der Waals surface area contributed by atoms with Crippen molar-refractivity contribution in [3.05, 3.63) is 35.4 Å². The zero-order valence-corrected chi connectivity index (χ0v) is 11.2. The lowest BCUT2D eigenvalue weighted by Gasteiger charge is -2.18. The number of carboxylic acid groups (broad SMARTS) is 2. The number of carbonyl (C=O) groups is 3. The molecule has 0 saturated carbocycles. The molecule has 0 fully saturated rings. The van der Waals surface area contributed by atoms with Crippen molar-refractivity contribution in [1.82, 2.24) is 4.90 Å². The van der Waals surface area contributed by atoms with Gasteiger partial charge in [-0.05, 0) is 18.9 Å². The first-order valence-electron chi connectivity index (χ1n) is 6.15. The number of aryl methyl sites for hydroxylation is 2. The summed E-state index contributed by atoms with van der Waals surface area (Å²) in [7, 11) is 0. The number of benzene rings is 1. The molecule has 0 aliphatic heterocycles. The van der Waals surface area contributed by atoms with Gasteiger partial charge in [-0.25, -0.2) is 0 Å². The van der Waals surface area contributed by atoms with Crippen LogP contribution in [-0.4, -0.2) is 46.0 Å². The maximum atomic E-state index is 11.9. The molecule has 0 aromatic heterocycles. The van der Waals surface area contributed by atoms with Crippen LogP contribution in [0.1, 0.15) is 17.5 Å². The summed E-state index contributed by atoms with van der Waals surface area (Å²) in [6, 6.07) is 7.63. The molecule has 0 heterocycles. The van der Waals surface area contributed by atoms with E-state index in [4.69, 9.17) is 10.2 Å². The SMILES string of the molecule is Cc1ccc(CCC(=O)N(CC(=O)O)CC(=O)O)cc1. The third-order valence-electron chi connectivity index (χ3n) is 2.75. The summed E-state index contributed by atoms with van der Waals surface area (Å²) in [5, 5.41) is 17.3. The van der Waals surface area contributed by atoms with Gasteiger partial charge in [-0.2, -0.15) is 0 Å². The number of carbonyl (C=O) groups excluding carboxylic acids is 1. The second-order valence-corrected chi connectivity index (χ2v) is 4.52. The zero-order chi connectivity index (χ0) is 15.1. The molecule has 20 heavy (non-hydrogen) atoms. The topological polar surface area (TPSA) is 94.9 Å². The Labute approximate surface area is 116 Å². The Kier molecular flexibility index (Phi) is 5.71. The second kappa shape index (κ2) is 7.28. The number of aliphatic carboxylic acids is 2. The highest BCUT2D eigenvalue weighted by molar-refractivity contribution is 5.85. The van der Waals surface area contributed by atoms with Crippen molar-refractivity contribution in [1.29, 1.82) is 0 Å². The number of carboxylic acids is 2. The normalized spacial score (nSPS) is 10.1. The molecule has 6 nitrogen and oxygen atoms in total. The lowest BCUT2D eigenvalue weighted by atomic mass is 10.1. The van der Waals surface area contributed by atoms with E-state index < -0.39 is 30.9 Å². The van der Waals surface area contributed by atoms with Crippen LogP contribution in [0.4, 0.5) is 0 Å². The molecule has 0 spiro atoms. The molecule has 0 saturated heterocycles. The second-order valence-electron chi connectivity index (χ2n) is 4.52. The fourth-order valence-electron chi connectivity index (χ4n) is 1.72. The first-order valence-corrected chi connectivity index (χ1v) is 6.15. The van der Waals surface area contributed by atoms with E-state index >= 15 is 0 Å². The molecular weight excluding hydrogens is 262 g/mol. The van der Waals surface area contributed by atoms with Crippen LogP contribution in [0, 0.1) is 6.92 Å². The minimum absolute atomic E-state index is 0.0869. The Morgan fingerprint density at radius 3 is 1.95 bits per heavy atom. The van der Waals surface area contributed by atoms with Crippen LogP contribution in [0.5, 0.6) is 0 Å². The Bertz CT molecular complexity index is 479. The average Bonchev–Trinajstić information content (AvgIpc) is 2.36. The number of nitrogens with zero attached hydrogens (tertiary/aromatic N) is 1. The third-order valence-corrected chi connectivity index (χ3v) is 2.75. The molecule has 1 aromatic carbocycles. The van der Waals surface area contributed by atoms with Gasteiger partial charge in [0.15, 0.2) is 0 Å². The van der Waals surface area contributed by atoms with Gasteiger partial charge < -0.3 is 15.1 Å². The van der Waals surface area contributed by atoms with E-state index in [0.29, 0.717) is 6.42 Å². The highest BCUT2D eigenvalue weighted by atomic mass is 16.4. The summed E-state index contributed by atoms with van der Waals surface area (Å²) in [6.07, 6.45) is 0.540. The minimum atomic E-state index is -1.23. The largest absolute Gasteiger partial charge is 0.480 e. The van der Waals surface area contributed by atoms with Crippen molar-refractivity contribution in [2.75, 3.05) is 13.1 Å². The van der Waals surface area contributed by atoms with Gasteiger partial charge in [0.05, 0.1) is 0 Å². The van der Waals surface area contributed by atoms with Crippen LogP contribution in [0.15, 0.2) is 24.3 Å². The summed E-state index contributed by atoms with van der Waals surface area (Å²) in [5.41, 5.74) is 2.06. The third kappa shape index (κ3) is 5.51. The van der Waals surface area contributed by atoms with Gasteiger partial charge >= 0.3 is 11.9 Å². The van der Waals surface area contributed by atoms with Gasteiger partial charge in [0, 0.05) is 6.42 Å². The lowest BCUT2D eigenvalue weighted by molar-refractivity contribution is -0.149. The Morgan fingerprint density at radius 2 is 1.50 bits per heavy atom. The number of amides is 1. The molecule has 0 radical (unpaired) electrons. The average molecular weight is 279 g/mol. The van der Waals surface area contributed by atoms with E-state index in [0.717, 1.165) is 16.0 Å². The van der Waals surface area contributed by atoms with Crippen molar-refractivity contribution < 1.29 is 24.6 Å². The van der Waals surface area contributed by atoms with E-state index in [9.17, 15) is 14.4 Å². The zero-order valence-electron chi connectivity index (χ0n) is 11.2. The van der Waals surface area contributed by atoms with E-state index in [2.05, 4.69) is 0 Å². The number of hydrogen-bond donors (Lipinski definition) is 2. The first-order chi connectivity index (χ1) is 9.38.